The molecular formula is C17H24N2O5. The molecule has 0 spiro atoms. The average molecular weight is 336 g/mol. The number of benzene rings is 1. The molecule has 7 heteroatoms. The number of amides is 1. The molecule has 1 fully saturated rings. The molecule has 0 aliphatic carbocycles. The topological polar surface area (TPSA) is 81.9 Å². The first-order valence-electron chi connectivity index (χ1n) is 8.18. The lowest BCUT2D eigenvalue weighted by Crippen LogP contribution is -2.28. The van der Waals surface area contributed by atoms with Gasteiger partial charge in [-0.25, -0.2) is 0 Å². The summed E-state index contributed by atoms with van der Waals surface area (Å²) in [6, 6.07) is 4.74. The molecule has 0 unspecified atom stereocenters. The van der Waals surface area contributed by atoms with E-state index in [-0.39, 0.29) is 23.4 Å². The van der Waals surface area contributed by atoms with Crippen LogP contribution in [-0.4, -0.2) is 42.6 Å². The minimum Gasteiger partial charge on any atom is -0.490 e. The maximum atomic E-state index is 12.2. The molecule has 1 amide bonds. The third-order valence-corrected chi connectivity index (χ3v) is 4.24. The summed E-state index contributed by atoms with van der Waals surface area (Å²) in [7, 11) is 3.10. The smallest absolute Gasteiger partial charge is 0.311 e. The van der Waals surface area contributed by atoms with Gasteiger partial charge in [-0.3, -0.25) is 14.9 Å². The summed E-state index contributed by atoms with van der Waals surface area (Å²) in [6.45, 7) is 1.11. The number of hydrogen-bond donors (Lipinski definition) is 0. The van der Waals surface area contributed by atoms with Crippen molar-refractivity contribution >= 4 is 11.6 Å². The van der Waals surface area contributed by atoms with Gasteiger partial charge in [0.25, 0.3) is 0 Å². The predicted molar refractivity (Wildman–Crippen MR) is 88.9 cm³/mol. The number of nitrogens with zero attached hydrogens (tertiary/aromatic N) is 2. The van der Waals surface area contributed by atoms with Crippen LogP contribution in [0.1, 0.15) is 37.7 Å². The fraction of sp³-hybridized carbons (Fsp3) is 0.588. The first-order valence-corrected chi connectivity index (χ1v) is 8.18. The normalized spacial score (nSPS) is 17.3. The van der Waals surface area contributed by atoms with Crippen molar-refractivity contribution in [3.63, 3.8) is 0 Å². The highest BCUT2D eigenvalue weighted by Gasteiger charge is 2.19. The van der Waals surface area contributed by atoms with E-state index >= 15 is 0 Å². The first-order chi connectivity index (χ1) is 11.5. The zero-order valence-electron chi connectivity index (χ0n) is 14.2. The van der Waals surface area contributed by atoms with E-state index in [9.17, 15) is 14.9 Å². The maximum Gasteiger partial charge on any atom is 0.311 e. The molecule has 1 saturated heterocycles. The lowest BCUT2D eigenvalue weighted by atomic mass is 10.0. The quantitative estimate of drug-likeness (QED) is 0.565. The highest BCUT2D eigenvalue weighted by Crippen LogP contribution is 2.28. The Morgan fingerprint density at radius 3 is 2.88 bits per heavy atom. The zero-order valence-corrected chi connectivity index (χ0v) is 14.2. The van der Waals surface area contributed by atoms with Gasteiger partial charge in [0.1, 0.15) is 0 Å². The van der Waals surface area contributed by atoms with Crippen LogP contribution >= 0.6 is 0 Å². The highest BCUT2D eigenvalue weighted by molar-refractivity contribution is 5.75. The Kier molecular flexibility index (Phi) is 6.54. The van der Waals surface area contributed by atoms with Crippen LogP contribution in [0.3, 0.4) is 0 Å². The zero-order chi connectivity index (χ0) is 17.5. The van der Waals surface area contributed by atoms with Gasteiger partial charge in [0.2, 0.25) is 5.91 Å². The molecule has 1 aliphatic rings. The third kappa shape index (κ3) is 4.92. The van der Waals surface area contributed by atoms with E-state index in [0.717, 1.165) is 32.3 Å². The number of nitro groups is 1. The Morgan fingerprint density at radius 1 is 1.46 bits per heavy atom. The molecule has 1 aliphatic heterocycles. The number of carbonyl (C=O) groups is 1. The Bertz CT molecular complexity index is 584. The molecule has 0 radical (unpaired) electrons. The Morgan fingerprint density at radius 2 is 2.25 bits per heavy atom. The Balaban J connectivity index is 1.90. The molecule has 1 aromatic rings. The number of rotatable bonds is 7. The molecule has 1 atom stereocenters. The number of nitro benzene ring substituents is 1. The van der Waals surface area contributed by atoms with Crippen LogP contribution in [0.15, 0.2) is 18.2 Å². The highest BCUT2D eigenvalue weighted by atomic mass is 16.6. The number of carbonyl (C=O) groups excluding carboxylic acids is 1. The van der Waals surface area contributed by atoms with Gasteiger partial charge in [-0.05, 0) is 37.3 Å². The standard InChI is InChI=1S/C17H24N2O5/c1-18(17(20)9-7-14-5-3-4-10-24-14)12-13-6-8-16(23-2)15(11-13)19(21)22/h6,8,11,14H,3-5,7,9-10,12H2,1-2H3/t14-/m1/s1. The van der Waals surface area contributed by atoms with Crippen molar-refractivity contribution in [2.24, 2.45) is 0 Å². The van der Waals surface area contributed by atoms with Gasteiger partial charge in [-0.15, -0.1) is 0 Å². The van der Waals surface area contributed by atoms with Gasteiger partial charge in [0, 0.05) is 32.7 Å². The lowest BCUT2D eigenvalue weighted by molar-refractivity contribution is -0.385. The second kappa shape index (κ2) is 8.63. The van der Waals surface area contributed by atoms with E-state index in [1.807, 2.05) is 0 Å². The van der Waals surface area contributed by atoms with Crippen molar-refractivity contribution in [2.75, 3.05) is 20.8 Å². The van der Waals surface area contributed by atoms with Gasteiger partial charge in [0.15, 0.2) is 5.75 Å². The number of hydrogen-bond acceptors (Lipinski definition) is 5. The van der Waals surface area contributed by atoms with Crippen LogP contribution in [0, 0.1) is 10.1 Å². The molecule has 2 rings (SSSR count). The van der Waals surface area contributed by atoms with E-state index in [2.05, 4.69) is 0 Å². The monoisotopic (exact) mass is 336 g/mol. The first kappa shape index (κ1) is 18.2. The van der Waals surface area contributed by atoms with Crippen molar-refractivity contribution in [3.05, 3.63) is 33.9 Å². The molecule has 1 aromatic carbocycles. The van der Waals surface area contributed by atoms with E-state index in [4.69, 9.17) is 9.47 Å². The van der Waals surface area contributed by atoms with Crippen LogP contribution in [0.4, 0.5) is 5.69 Å². The summed E-state index contributed by atoms with van der Waals surface area (Å²) in [4.78, 5) is 24.4. The summed E-state index contributed by atoms with van der Waals surface area (Å²) in [5, 5.41) is 11.1. The summed E-state index contributed by atoms with van der Waals surface area (Å²) in [6.07, 6.45) is 4.61. The third-order valence-electron chi connectivity index (χ3n) is 4.24. The van der Waals surface area contributed by atoms with Gasteiger partial charge >= 0.3 is 5.69 Å². The molecule has 7 nitrogen and oxygen atoms in total. The van der Waals surface area contributed by atoms with Crippen LogP contribution < -0.4 is 4.74 Å². The molecule has 0 bridgehead atoms. The minimum atomic E-state index is -0.482. The molecule has 132 valence electrons. The van der Waals surface area contributed by atoms with E-state index in [1.165, 1.54) is 13.2 Å². The van der Waals surface area contributed by atoms with E-state index in [0.29, 0.717) is 18.5 Å². The largest absolute Gasteiger partial charge is 0.490 e. The summed E-state index contributed by atoms with van der Waals surface area (Å²) in [5.74, 6) is 0.231. The molecule has 0 aromatic heterocycles. The molecule has 24 heavy (non-hydrogen) atoms. The average Bonchev–Trinajstić information content (AvgIpc) is 2.60. The van der Waals surface area contributed by atoms with Crippen LogP contribution in [0.2, 0.25) is 0 Å². The lowest BCUT2D eigenvalue weighted by Gasteiger charge is -2.23. The summed E-state index contributed by atoms with van der Waals surface area (Å²) < 4.78 is 10.6. The molecule has 0 N–H and O–H groups in total. The van der Waals surface area contributed by atoms with Crippen molar-refractivity contribution in [1.82, 2.24) is 4.90 Å². The van der Waals surface area contributed by atoms with Crippen LogP contribution in [-0.2, 0) is 16.1 Å². The van der Waals surface area contributed by atoms with Gasteiger partial charge < -0.3 is 14.4 Å². The second-order valence-corrected chi connectivity index (χ2v) is 6.04. The van der Waals surface area contributed by atoms with Crippen LogP contribution in [0.5, 0.6) is 5.75 Å². The van der Waals surface area contributed by atoms with Crippen molar-refractivity contribution < 1.29 is 19.2 Å². The Hall–Kier alpha value is -2.15. The Labute approximate surface area is 141 Å². The molecule has 0 saturated carbocycles. The number of ether oxygens (including phenoxy) is 2. The van der Waals surface area contributed by atoms with Gasteiger partial charge in [-0.1, -0.05) is 6.07 Å². The van der Waals surface area contributed by atoms with Crippen molar-refractivity contribution in [2.45, 2.75) is 44.8 Å². The maximum absolute atomic E-state index is 12.2. The van der Waals surface area contributed by atoms with E-state index in [1.54, 1.807) is 24.1 Å². The number of methoxy groups -OCH3 is 1. The molecular weight excluding hydrogens is 312 g/mol. The van der Waals surface area contributed by atoms with Gasteiger partial charge in [-0.2, -0.15) is 0 Å². The second-order valence-electron chi connectivity index (χ2n) is 6.04. The fourth-order valence-corrected chi connectivity index (χ4v) is 2.85. The van der Waals surface area contributed by atoms with Gasteiger partial charge in [0.05, 0.1) is 18.1 Å². The summed E-state index contributed by atoms with van der Waals surface area (Å²) >= 11 is 0. The summed E-state index contributed by atoms with van der Waals surface area (Å²) in [5.41, 5.74) is 0.610. The predicted octanol–water partition coefficient (Wildman–Crippen LogP) is 2.91. The van der Waals surface area contributed by atoms with Crippen molar-refractivity contribution in [1.29, 1.82) is 0 Å². The van der Waals surface area contributed by atoms with E-state index < -0.39 is 4.92 Å². The van der Waals surface area contributed by atoms with Crippen molar-refractivity contribution in [3.8, 4) is 5.75 Å². The SMILES string of the molecule is COc1ccc(CN(C)C(=O)CC[C@H]2CCCCO2)cc1[N+](=O)[O-]. The van der Waals surface area contributed by atoms with Crippen LogP contribution in [0.25, 0.3) is 0 Å². The molecule has 1 heterocycles. The minimum absolute atomic E-state index is 0.0163. The fourth-order valence-electron chi connectivity index (χ4n) is 2.85.